The highest BCUT2D eigenvalue weighted by Crippen LogP contribution is 2.38. The predicted molar refractivity (Wildman–Crippen MR) is 204 cm³/mol. The van der Waals surface area contributed by atoms with Gasteiger partial charge < -0.3 is 19.4 Å². The van der Waals surface area contributed by atoms with Gasteiger partial charge in [0.2, 0.25) is 5.91 Å². The Labute approximate surface area is 316 Å². The molecule has 11 heteroatoms. The van der Waals surface area contributed by atoms with E-state index in [1.165, 1.54) is 31.4 Å². The maximum absolute atomic E-state index is 13.8. The number of ether oxygens (including phenoxy) is 1. The third kappa shape index (κ3) is 9.82. The Morgan fingerprint density at radius 1 is 0.830 bits per heavy atom. The van der Waals surface area contributed by atoms with Crippen molar-refractivity contribution in [3.05, 3.63) is 113 Å². The number of hydrogen-bond donors (Lipinski definition) is 0. The first kappa shape index (κ1) is 37.6. The minimum absolute atomic E-state index is 0.0250. The Bertz CT molecular complexity index is 1880. The average molecular weight is 734 g/mol. The summed E-state index contributed by atoms with van der Waals surface area (Å²) in [6.45, 7) is 7.01. The second kappa shape index (κ2) is 18.0. The van der Waals surface area contributed by atoms with E-state index in [1.807, 2.05) is 54.3 Å². The highest BCUT2D eigenvalue weighted by atomic mass is 35.5. The average Bonchev–Trinajstić information content (AvgIpc) is 3.21. The molecule has 3 atom stereocenters. The smallest absolute Gasteiger partial charge is 0.225 e. The molecule has 5 heterocycles. The number of aromatic nitrogens is 2. The van der Waals surface area contributed by atoms with Gasteiger partial charge in [-0.05, 0) is 99.5 Å². The standard InChI is InChI=1S/C31H32ClFN4O2.C11H13N3/c1-21(39-27-4-2-3-26(33)17-27)28-13-16-37(20-29(28)23-6-8-25(32)9-7-23)31(38)24-11-14-36(15-12-24)30-10-5-22(18-34)19-35-30;12-8-10-4-5-11(13-9-10)14-6-2-1-3-7-14/h2-10,17,19,21,24,28-29H,11-16,20H2,1H3;4-5,9H,1-3,6-7H2/t21-,28+,29+;/m0./s1. The molecule has 4 aromatic rings. The summed E-state index contributed by atoms with van der Waals surface area (Å²) in [7, 11) is 0. The fourth-order valence-electron chi connectivity index (χ4n) is 7.65. The number of piperidine rings is 3. The lowest BCUT2D eigenvalue weighted by molar-refractivity contribution is -0.138. The summed E-state index contributed by atoms with van der Waals surface area (Å²) in [4.78, 5) is 28.8. The molecule has 0 N–H and O–H groups in total. The number of halogens is 2. The zero-order valence-corrected chi connectivity index (χ0v) is 30.8. The number of anilines is 2. The number of nitrogens with zero attached hydrogens (tertiary/aromatic N) is 7. The van der Waals surface area contributed by atoms with E-state index in [9.17, 15) is 9.18 Å². The summed E-state index contributed by atoms with van der Waals surface area (Å²) in [5.41, 5.74) is 2.29. The Morgan fingerprint density at radius 2 is 1.45 bits per heavy atom. The Balaban J connectivity index is 0.000000286. The van der Waals surface area contributed by atoms with E-state index in [-0.39, 0.29) is 35.6 Å². The molecule has 3 fully saturated rings. The SMILES string of the molecule is C[C@H](Oc1cccc(F)c1)[C@H]1CCN(C(=O)C2CCN(c3ccc(C#N)cn3)CC2)C[C@@H]1c1ccc(Cl)cc1.N#Cc1ccc(N2CCCCC2)nc1. The quantitative estimate of drug-likeness (QED) is 0.188. The molecule has 1 amide bonds. The number of carbonyl (C=O) groups is 1. The van der Waals surface area contributed by atoms with Crippen LogP contribution in [0.3, 0.4) is 0 Å². The third-order valence-electron chi connectivity index (χ3n) is 10.6. The topological polar surface area (TPSA) is 109 Å². The van der Waals surface area contributed by atoms with Gasteiger partial charge in [-0.2, -0.15) is 10.5 Å². The van der Waals surface area contributed by atoms with E-state index in [1.54, 1.807) is 30.6 Å². The van der Waals surface area contributed by atoms with Crippen LogP contribution >= 0.6 is 11.6 Å². The van der Waals surface area contributed by atoms with Crippen molar-refractivity contribution in [2.45, 2.75) is 57.5 Å². The molecular weight excluding hydrogens is 689 g/mol. The molecule has 7 rings (SSSR count). The van der Waals surface area contributed by atoms with Crippen molar-refractivity contribution in [3.63, 3.8) is 0 Å². The summed E-state index contributed by atoms with van der Waals surface area (Å²) in [5.74, 6) is 2.45. The van der Waals surface area contributed by atoms with Crippen molar-refractivity contribution < 1.29 is 13.9 Å². The van der Waals surface area contributed by atoms with Crippen molar-refractivity contribution in [3.8, 4) is 17.9 Å². The van der Waals surface area contributed by atoms with Crippen LogP contribution in [0.25, 0.3) is 0 Å². The molecule has 0 bridgehead atoms. The van der Waals surface area contributed by atoms with Gasteiger partial charge in [0.25, 0.3) is 0 Å². The van der Waals surface area contributed by atoms with Crippen molar-refractivity contribution in [2.24, 2.45) is 11.8 Å². The van der Waals surface area contributed by atoms with Gasteiger partial charge in [-0.25, -0.2) is 14.4 Å². The number of pyridine rings is 2. The minimum atomic E-state index is -0.324. The van der Waals surface area contributed by atoms with Gasteiger partial charge in [0, 0.05) is 80.5 Å². The number of hydrogen-bond acceptors (Lipinski definition) is 8. The molecule has 0 radical (unpaired) electrons. The van der Waals surface area contributed by atoms with Gasteiger partial charge in [0.15, 0.2) is 0 Å². The van der Waals surface area contributed by atoms with Crippen LogP contribution in [0.4, 0.5) is 16.0 Å². The molecule has 274 valence electrons. The van der Waals surface area contributed by atoms with Crippen LogP contribution in [0, 0.1) is 40.3 Å². The van der Waals surface area contributed by atoms with Crippen molar-refractivity contribution >= 4 is 29.1 Å². The maximum atomic E-state index is 13.8. The van der Waals surface area contributed by atoms with E-state index in [0.29, 0.717) is 35.0 Å². The predicted octanol–water partition coefficient (Wildman–Crippen LogP) is 8.01. The number of amides is 1. The Morgan fingerprint density at radius 3 is 2.02 bits per heavy atom. The summed E-state index contributed by atoms with van der Waals surface area (Å²) in [6.07, 6.45) is 9.24. The van der Waals surface area contributed by atoms with Crippen LogP contribution in [0.2, 0.25) is 5.02 Å². The van der Waals surface area contributed by atoms with E-state index in [2.05, 4.69) is 31.9 Å². The highest BCUT2D eigenvalue weighted by molar-refractivity contribution is 6.30. The first-order chi connectivity index (χ1) is 25.8. The fraction of sp³-hybridized carbons (Fsp3) is 0.405. The monoisotopic (exact) mass is 733 g/mol. The van der Waals surface area contributed by atoms with Gasteiger partial charge in [-0.3, -0.25) is 4.79 Å². The maximum Gasteiger partial charge on any atom is 0.225 e. The molecule has 2 aromatic carbocycles. The number of benzene rings is 2. The van der Waals surface area contributed by atoms with Crippen molar-refractivity contribution in [1.82, 2.24) is 14.9 Å². The molecule has 3 aliphatic rings. The fourth-order valence-corrected chi connectivity index (χ4v) is 7.78. The molecule has 0 unspecified atom stereocenters. The minimum Gasteiger partial charge on any atom is -0.490 e. The first-order valence-electron chi connectivity index (χ1n) is 18.5. The highest BCUT2D eigenvalue weighted by Gasteiger charge is 2.39. The first-order valence-corrected chi connectivity index (χ1v) is 18.9. The molecule has 3 aliphatic heterocycles. The summed E-state index contributed by atoms with van der Waals surface area (Å²) in [6, 6.07) is 25.7. The van der Waals surface area contributed by atoms with Crippen LogP contribution in [0.15, 0.2) is 85.2 Å². The lowest BCUT2D eigenvalue weighted by atomic mass is 9.77. The third-order valence-corrected chi connectivity index (χ3v) is 10.9. The van der Waals surface area contributed by atoms with Crippen LogP contribution in [-0.2, 0) is 4.79 Å². The molecule has 0 aliphatic carbocycles. The second-order valence-electron chi connectivity index (χ2n) is 14.0. The van der Waals surface area contributed by atoms with Gasteiger partial charge in [0.1, 0.15) is 35.3 Å². The number of rotatable bonds is 7. The normalized spacial score (nSPS) is 19.6. The molecule has 53 heavy (non-hydrogen) atoms. The lowest BCUT2D eigenvalue weighted by Crippen LogP contribution is -2.49. The van der Waals surface area contributed by atoms with Crippen LogP contribution < -0.4 is 14.5 Å². The number of likely N-dealkylation sites (tertiary alicyclic amines) is 1. The Hall–Kier alpha value is -5.19. The van der Waals surface area contributed by atoms with Crippen molar-refractivity contribution in [2.75, 3.05) is 49.1 Å². The summed E-state index contributed by atoms with van der Waals surface area (Å²) < 4.78 is 19.9. The van der Waals surface area contributed by atoms with Crippen LogP contribution in [0.1, 0.15) is 68.1 Å². The summed E-state index contributed by atoms with van der Waals surface area (Å²) >= 11 is 6.18. The molecular formula is C42H45ClFN7O2. The van der Waals surface area contributed by atoms with E-state index >= 15 is 0 Å². The van der Waals surface area contributed by atoms with Crippen LogP contribution in [0.5, 0.6) is 5.75 Å². The molecule has 3 saturated heterocycles. The summed E-state index contributed by atoms with van der Waals surface area (Å²) in [5, 5.41) is 18.3. The molecule has 2 aromatic heterocycles. The lowest BCUT2D eigenvalue weighted by Gasteiger charge is -2.43. The van der Waals surface area contributed by atoms with Crippen molar-refractivity contribution in [1.29, 1.82) is 10.5 Å². The van der Waals surface area contributed by atoms with Gasteiger partial charge in [-0.15, -0.1) is 0 Å². The molecule has 9 nitrogen and oxygen atoms in total. The van der Waals surface area contributed by atoms with E-state index in [4.69, 9.17) is 26.9 Å². The molecule has 0 spiro atoms. The largest absolute Gasteiger partial charge is 0.490 e. The zero-order valence-electron chi connectivity index (χ0n) is 30.1. The van der Waals surface area contributed by atoms with Gasteiger partial charge >= 0.3 is 0 Å². The van der Waals surface area contributed by atoms with E-state index in [0.717, 1.165) is 62.6 Å². The second-order valence-corrected chi connectivity index (χ2v) is 14.5. The van der Waals surface area contributed by atoms with Gasteiger partial charge in [-0.1, -0.05) is 29.8 Å². The van der Waals surface area contributed by atoms with Gasteiger partial charge in [0.05, 0.1) is 17.2 Å². The van der Waals surface area contributed by atoms with E-state index < -0.39 is 0 Å². The molecule has 0 saturated carbocycles. The number of carbonyl (C=O) groups excluding carboxylic acids is 1. The zero-order chi connectivity index (χ0) is 37.2. The number of nitriles is 2. The Kier molecular flexibility index (Phi) is 12.8. The van der Waals surface area contributed by atoms with Crippen LogP contribution in [-0.4, -0.2) is 66.1 Å².